The van der Waals surface area contributed by atoms with Gasteiger partial charge < -0.3 is 10.2 Å². The van der Waals surface area contributed by atoms with Gasteiger partial charge in [-0.1, -0.05) is 43.3 Å². The number of halogens is 1. The first-order valence-electron chi connectivity index (χ1n) is 10.9. The molecule has 0 amide bonds. The zero-order valence-corrected chi connectivity index (χ0v) is 19.2. The van der Waals surface area contributed by atoms with Crippen molar-refractivity contribution in [3.05, 3.63) is 97.9 Å². The minimum Gasteiger partial charge on any atom is -0.370 e. The van der Waals surface area contributed by atoms with Crippen molar-refractivity contribution < 1.29 is 9.18 Å². The molecule has 0 fully saturated rings. The second kappa shape index (κ2) is 10.9. The lowest BCUT2D eigenvalue weighted by molar-refractivity contribution is 0.103. The Kier molecular flexibility index (Phi) is 7.95. The van der Waals surface area contributed by atoms with E-state index < -0.39 is 5.82 Å². The van der Waals surface area contributed by atoms with Gasteiger partial charge in [0.2, 0.25) is 0 Å². The summed E-state index contributed by atoms with van der Waals surface area (Å²) in [6.07, 6.45) is 0.590. The summed E-state index contributed by atoms with van der Waals surface area (Å²) >= 11 is 0. The average molecular weight is 453 g/mol. The molecule has 0 atom stereocenters. The molecule has 0 aliphatic carbocycles. The van der Waals surface area contributed by atoms with Crippen molar-refractivity contribution >= 4 is 11.6 Å². The Morgan fingerprint density at radius 2 is 1.73 bits per heavy atom. The molecule has 1 heterocycles. The van der Waals surface area contributed by atoms with Crippen molar-refractivity contribution in [1.82, 2.24) is 14.0 Å². The van der Waals surface area contributed by atoms with Crippen molar-refractivity contribution in [1.29, 1.82) is 0 Å². The first-order chi connectivity index (χ1) is 15.8. The largest absolute Gasteiger partial charge is 0.370 e. The molecule has 1 N–H and O–H groups in total. The molecule has 0 aliphatic heterocycles. The van der Waals surface area contributed by atoms with Gasteiger partial charge in [-0.15, -0.1) is 0 Å². The SMILES string of the molecule is CCN(CCNc1cc(=O)n(C)c(=O)n1C)CCc1ccc(F)cc1C(=O)c1ccccc1. The zero-order chi connectivity index (χ0) is 24.0. The third-order valence-electron chi connectivity index (χ3n) is 5.76. The molecule has 2 aromatic carbocycles. The molecule has 3 aromatic rings. The molecule has 7 nitrogen and oxygen atoms in total. The normalized spacial score (nSPS) is 11.1. The van der Waals surface area contributed by atoms with E-state index in [4.69, 9.17) is 0 Å². The quantitative estimate of drug-likeness (QED) is 0.478. The molecule has 0 bridgehead atoms. The molecule has 0 saturated heterocycles. The van der Waals surface area contributed by atoms with Gasteiger partial charge in [0.15, 0.2) is 5.78 Å². The standard InChI is InChI=1S/C25H29FN4O3/c1-4-30(15-13-27-22-17-23(31)29(3)25(33)28(22)2)14-12-18-10-11-20(26)16-21(18)24(32)19-8-6-5-7-9-19/h5-11,16-17,27H,4,12-15H2,1-3H3. The van der Waals surface area contributed by atoms with E-state index in [0.717, 1.165) is 16.7 Å². The predicted octanol–water partition coefficient (Wildman–Crippen LogP) is 2.43. The maximum Gasteiger partial charge on any atom is 0.332 e. The zero-order valence-electron chi connectivity index (χ0n) is 19.2. The van der Waals surface area contributed by atoms with Gasteiger partial charge in [0.1, 0.15) is 11.6 Å². The van der Waals surface area contributed by atoms with Crippen LogP contribution in [0.1, 0.15) is 28.4 Å². The van der Waals surface area contributed by atoms with E-state index in [1.165, 1.54) is 29.8 Å². The van der Waals surface area contributed by atoms with Crippen molar-refractivity contribution in [2.45, 2.75) is 13.3 Å². The lowest BCUT2D eigenvalue weighted by atomic mass is 9.96. The average Bonchev–Trinajstić information content (AvgIpc) is 2.83. The van der Waals surface area contributed by atoms with E-state index in [1.807, 2.05) is 13.0 Å². The molecule has 0 saturated carbocycles. The molecule has 174 valence electrons. The van der Waals surface area contributed by atoms with Gasteiger partial charge in [-0.25, -0.2) is 9.18 Å². The van der Waals surface area contributed by atoms with Crippen molar-refractivity contribution in [3.63, 3.8) is 0 Å². The fourth-order valence-corrected chi connectivity index (χ4v) is 3.67. The minimum absolute atomic E-state index is 0.193. The van der Waals surface area contributed by atoms with Crippen LogP contribution >= 0.6 is 0 Å². The minimum atomic E-state index is -0.436. The van der Waals surface area contributed by atoms with Crippen LogP contribution in [0.4, 0.5) is 10.2 Å². The summed E-state index contributed by atoms with van der Waals surface area (Å²) in [7, 11) is 3.06. The van der Waals surface area contributed by atoms with Crippen molar-refractivity contribution in [2.24, 2.45) is 14.1 Å². The van der Waals surface area contributed by atoms with E-state index in [-0.39, 0.29) is 17.0 Å². The van der Waals surface area contributed by atoms with Crippen LogP contribution in [-0.4, -0.2) is 46.0 Å². The summed E-state index contributed by atoms with van der Waals surface area (Å²) in [6, 6.07) is 14.6. The van der Waals surface area contributed by atoms with Gasteiger partial charge >= 0.3 is 5.69 Å². The second-order valence-electron chi connectivity index (χ2n) is 7.88. The predicted molar refractivity (Wildman–Crippen MR) is 128 cm³/mol. The Morgan fingerprint density at radius 3 is 2.42 bits per heavy atom. The first-order valence-corrected chi connectivity index (χ1v) is 10.9. The summed E-state index contributed by atoms with van der Waals surface area (Å²) in [5, 5.41) is 3.15. The Labute approximate surface area is 192 Å². The van der Waals surface area contributed by atoms with Gasteiger partial charge in [0.25, 0.3) is 5.56 Å². The summed E-state index contributed by atoms with van der Waals surface area (Å²) in [6.45, 7) is 4.69. The number of hydrogen-bond donors (Lipinski definition) is 1. The van der Waals surface area contributed by atoms with Gasteiger partial charge in [-0.2, -0.15) is 0 Å². The maximum atomic E-state index is 13.9. The molecule has 8 heteroatoms. The molecular weight excluding hydrogens is 423 g/mol. The molecule has 33 heavy (non-hydrogen) atoms. The Balaban J connectivity index is 1.65. The molecular formula is C25H29FN4O3. The van der Waals surface area contributed by atoms with Crippen LogP contribution in [0, 0.1) is 5.82 Å². The monoisotopic (exact) mass is 452 g/mol. The molecule has 3 rings (SSSR count). The smallest absolute Gasteiger partial charge is 0.332 e. The highest BCUT2D eigenvalue weighted by molar-refractivity contribution is 6.09. The number of carbonyl (C=O) groups is 1. The molecule has 0 spiro atoms. The number of nitrogens with one attached hydrogen (secondary N) is 1. The topological polar surface area (TPSA) is 76.3 Å². The maximum absolute atomic E-state index is 13.9. The van der Waals surface area contributed by atoms with Crippen molar-refractivity contribution in [3.8, 4) is 0 Å². The highest BCUT2D eigenvalue weighted by atomic mass is 19.1. The number of hydrogen-bond acceptors (Lipinski definition) is 5. The molecule has 1 aromatic heterocycles. The third-order valence-corrected chi connectivity index (χ3v) is 5.76. The van der Waals surface area contributed by atoms with Gasteiger partial charge in [-0.3, -0.25) is 18.7 Å². The van der Waals surface area contributed by atoms with E-state index in [0.29, 0.717) is 43.0 Å². The Bertz CT molecular complexity index is 1230. The van der Waals surface area contributed by atoms with E-state index in [9.17, 15) is 18.8 Å². The summed E-state index contributed by atoms with van der Waals surface area (Å²) in [4.78, 5) is 39.1. The third kappa shape index (κ3) is 5.84. The van der Waals surface area contributed by atoms with Crippen LogP contribution < -0.4 is 16.6 Å². The number of aromatic nitrogens is 2. The van der Waals surface area contributed by atoms with Gasteiger partial charge in [-0.05, 0) is 30.7 Å². The number of carbonyl (C=O) groups excluding carboxylic acids is 1. The number of rotatable bonds is 10. The van der Waals surface area contributed by atoms with Crippen molar-refractivity contribution in [2.75, 3.05) is 31.5 Å². The molecule has 0 unspecified atom stereocenters. The number of anilines is 1. The lowest BCUT2D eigenvalue weighted by Crippen LogP contribution is -2.38. The van der Waals surface area contributed by atoms with Crippen LogP contribution in [-0.2, 0) is 20.5 Å². The number of ketones is 1. The highest BCUT2D eigenvalue weighted by Gasteiger charge is 2.15. The van der Waals surface area contributed by atoms with Crippen LogP contribution in [0.25, 0.3) is 0 Å². The number of likely N-dealkylation sites (N-methyl/N-ethyl adjacent to an activating group) is 1. The summed E-state index contributed by atoms with van der Waals surface area (Å²) in [5.41, 5.74) is 0.959. The fraction of sp³-hybridized carbons (Fsp3) is 0.320. The van der Waals surface area contributed by atoms with E-state index in [1.54, 1.807) is 37.4 Å². The highest BCUT2D eigenvalue weighted by Crippen LogP contribution is 2.17. The summed E-state index contributed by atoms with van der Waals surface area (Å²) in [5.74, 6) is -0.163. The van der Waals surface area contributed by atoms with E-state index >= 15 is 0 Å². The first kappa shape index (κ1) is 24.1. The Morgan fingerprint density at radius 1 is 1.00 bits per heavy atom. The van der Waals surface area contributed by atoms with Gasteiger partial charge in [0.05, 0.1) is 0 Å². The van der Waals surface area contributed by atoms with Crippen LogP contribution in [0.5, 0.6) is 0 Å². The second-order valence-corrected chi connectivity index (χ2v) is 7.88. The number of benzene rings is 2. The number of nitrogens with zero attached hydrogens (tertiary/aromatic N) is 3. The van der Waals surface area contributed by atoms with Crippen LogP contribution in [0.15, 0.2) is 64.2 Å². The Hall–Kier alpha value is -3.52. The van der Waals surface area contributed by atoms with Crippen LogP contribution in [0.3, 0.4) is 0 Å². The fourth-order valence-electron chi connectivity index (χ4n) is 3.67. The van der Waals surface area contributed by atoms with E-state index in [2.05, 4.69) is 10.2 Å². The van der Waals surface area contributed by atoms with Gasteiger partial charge in [0, 0.05) is 50.9 Å². The lowest BCUT2D eigenvalue weighted by Gasteiger charge is -2.22. The summed E-state index contributed by atoms with van der Waals surface area (Å²) < 4.78 is 16.4. The molecule has 0 aliphatic rings. The van der Waals surface area contributed by atoms with Crippen LogP contribution in [0.2, 0.25) is 0 Å². The molecule has 0 radical (unpaired) electrons.